The largest absolute Gasteiger partial charge is 0.370 e. The van der Waals surface area contributed by atoms with Gasteiger partial charge in [-0.2, -0.15) is 0 Å². The fraction of sp³-hybridized carbons (Fsp3) is 0.0588. The molecular formula is C17H20N6. The molecule has 2 aromatic carbocycles. The second-order valence-corrected chi connectivity index (χ2v) is 4.83. The average Bonchev–Trinajstić information content (AvgIpc) is 2.53. The van der Waals surface area contributed by atoms with Crippen molar-refractivity contribution in [3.05, 3.63) is 66.2 Å². The minimum absolute atomic E-state index is 0.0409. The van der Waals surface area contributed by atoms with Crippen LogP contribution in [0.1, 0.15) is 5.56 Å². The summed E-state index contributed by atoms with van der Waals surface area (Å²) in [5.41, 5.74) is 18.9. The highest BCUT2D eigenvalue weighted by molar-refractivity contribution is 5.96. The number of hydrogen-bond acceptors (Lipinski definition) is 2. The van der Waals surface area contributed by atoms with Gasteiger partial charge < -0.3 is 22.1 Å². The molecule has 6 nitrogen and oxygen atoms in total. The summed E-state index contributed by atoms with van der Waals surface area (Å²) in [6.45, 7) is 0.432. The van der Waals surface area contributed by atoms with Crippen LogP contribution in [0.4, 0.5) is 11.4 Å². The van der Waals surface area contributed by atoms with Gasteiger partial charge in [-0.25, -0.2) is 4.99 Å². The van der Waals surface area contributed by atoms with Gasteiger partial charge in [0.15, 0.2) is 11.9 Å². The van der Waals surface area contributed by atoms with Crippen molar-refractivity contribution in [2.45, 2.75) is 0 Å². The molecule has 0 amide bonds. The monoisotopic (exact) mass is 308 g/mol. The molecule has 6 heteroatoms. The standard InChI is InChI=1S/C17H20N6/c18-16(19)22-14-10-4-5-11-15(14)23(17(20)21)12-6-9-13-7-2-1-3-8-13/h1-11H,12H2,(H3,20,21)(H4,18,19,22)/b9-6+. The molecule has 23 heavy (non-hydrogen) atoms. The number of nitrogens with two attached hydrogens (primary N) is 3. The lowest BCUT2D eigenvalue weighted by Crippen LogP contribution is -2.36. The lowest BCUT2D eigenvalue weighted by molar-refractivity contribution is 1.10. The topological polar surface area (TPSA) is 118 Å². The van der Waals surface area contributed by atoms with Crippen molar-refractivity contribution in [2.75, 3.05) is 11.4 Å². The molecule has 0 aromatic heterocycles. The first-order chi connectivity index (χ1) is 11.1. The molecule has 7 N–H and O–H groups in total. The van der Waals surface area contributed by atoms with Crippen LogP contribution in [0, 0.1) is 5.41 Å². The van der Waals surface area contributed by atoms with E-state index in [1.165, 1.54) is 0 Å². The van der Waals surface area contributed by atoms with Gasteiger partial charge in [0.25, 0.3) is 0 Å². The van der Waals surface area contributed by atoms with Gasteiger partial charge in [-0.15, -0.1) is 0 Å². The van der Waals surface area contributed by atoms with Gasteiger partial charge in [0.05, 0.1) is 11.4 Å². The lowest BCUT2D eigenvalue weighted by Gasteiger charge is -2.22. The Bertz CT molecular complexity index is 717. The van der Waals surface area contributed by atoms with Gasteiger partial charge in [-0.1, -0.05) is 54.6 Å². The van der Waals surface area contributed by atoms with Gasteiger partial charge in [0.1, 0.15) is 0 Å². The highest BCUT2D eigenvalue weighted by Gasteiger charge is 2.12. The Kier molecular flexibility index (Phi) is 5.35. The molecule has 2 aromatic rings. The van der Waals surface area contributed by atoms with Crippen molar-refractivity contribution >= 4 is 29.4 Å². The number of hydrogen-bond donors (Lipinski definition) is 4. The zero-order valence-electron chi connectivity index (χ0n) is 12.7. The molecular weight excluding hydrogens is 288 g/mol. The van der Waals surface area contributed by atoms with Gasteiger partial charge in [-0.05, 0) is 17.7 Å². The van der Waals surface area contributed by atoms with E-state index in [1.807, 2.05) is 60.7 Å². The van der Waals surface area contributed by atoms with Crippen molar-refractivity contribution in [3.8, 4) is 0 Å². The number of para-hydroxylation sites is 2. The number of nitrogens with one attached hydrogen (secondary N) is 1. The molecule has 0 aliphatic rings. The van der Waals surface area contributed by atoms with E-state index in [0.717, 1.165) is 5.56 Å². The molecule has 0 saturated carbocycles. The Morgan fingerprint density at radius 3 is 2.30 bits per heavy atom. The first-order valence-electron chi connectivity index (χ1n) is 7.09. The normalized spacial score (nSPS) is 10.4. The van der Waals surface area contributed by atoms with Crippen molar-refractivity contribution in [3.63, 3.8) is 0 Å². The third-order valence-corrected chi connectivity index (χ3v) is 3.11. The van der Waals surface area contributed by atoms with Crippen LogP contribution < -0.4 is 22.1 Å². The summed E-state index contributed by atoms with van der Waals surface area (Å²) in [7, 11) is 0. The molecule has 0 unspecified atom stereocenters. The average molecular weight is 308 g/mol. The van der Waals surface area contributed by atoms with Crippen LogP contribution in [0.3, 0.4) is 0 Å². The molecule has 0 saturated heterocycles. The zero-order chi connectivity index (χ0) is 16.7. The van der Waals surface area contributed by atoms with Crippen molar-refractivity contribution in [2.24, 2.45) is 22.2 Å². The van der Waals surface area contributed by atoms with Crippen LogP contribution in [-0.2, 0) is 0 Å². The van der Waals surface area contributed by atoms with Crippen molar-refractivity contribution in [1.29, 1.82) is 5.41 Å². The number of anilines is 1. The van der Waals surface area contributed by atoms with Crippen LogP contribution in [0.2, 0.25) is 0 Å². The maximum absolute atomic E-state index is 7.81. The SMILES string of the molecule is N=C(N)N(C/C=C/c1ccccc1)c1ccccc1N=C(N)N. The minimum Gasteiger partial charge on any atom is -0.370 e. The number of nitrogens with zero attached hydrogens (tertiary/aromatic N) is 2. The Labute approximate surface area is 135 Å². The van der Waals surface area contributed by atoms with E-state index in [9.17, 15) is 0 Å². The Morgan fingerprint density at radius 1 is 1.00 bits per heavy atom. The number of guanidine groups is 2. The molecule has 0 fully saturated rings. The molecule has 0 heterocycles. The first kappa shape index (κ1) is 16.1. The highest BCUT2D eigenvalue weighted by atomic mass is 15.2. The van der Waals surface area contributed by atoms with Gasteiger partial charge in [-0.3, -0.25) is 5.41 Å². The summed E-state index contributed by atoms with van der Waals surface area (Å²) in [4.78, 5) is 5.71. The summed E-state index contributed by atoms with van der Waals surface area (Å²) >= 11 is 0. The maximum Gasteiger partial charge on any atom is 0.193 e. The van der Waals surface area contributed by atoms with E-state index in [1.54, 1.807) is 11.0 Å². The number of rotatable bonds is 5. The predicted molar refractivity (Wildman–Crippen MR) is 96.6 cm³/mol. The summed E-state index contributed by atoms with van der Waals surface area (Å²) in [6.07, 6.45) is 3.90. The van der Waals surface area contributed by atoms with Gasteiger partial charge >= 0.3 is 0 Å². The summed E-state index contributed by atoms with van der Waals surface area (Å²) in [5.74, 6) is -0.123. The highest BCUT2D eigenvalue weighted by Crippen LogP contribution is 2.28. The third-order valence-electron chi connectivity index (χ3n) is 3.11. The quantitative estimate of drug-likeness (QED) is 0.499. The third kappa shape index (κ3) is 4.60. The van der Waals surface area contributed by atoms with E-state index in [2.05, 4.69) is 4.99 Å². The van der Waals surface area contributed by atoms with Crippen LogP contribution in [0.25, 0.3) is 6.08 Å². The van der Waals surface area contributed by atoms with Crippen LogP contribution >= 0.6 is 0 Å². The molecule has 0 aliphatic carbocycles. The van der Waals surface area contributed by atoms with Gasteiger partial charge in [0, 0.05) is 6.54 Å². The van der Waals surface area contributed by atoms with E-state index in [-0.39, 0.29) is 11.9 Å². The molecule has 0 bridgehead atoms. The fourth-order valence-corrected chi connectivity index (χ4v) is 2.11. The first-order valence-corrected chi connectivity index (χ1v) is 7.09. The van der Waals surface area contributed by atoms with Crippen LogP contribution in [0.15, 0.2) is 65.7 Å². The predicted octanol–water partition coefficient (Wildman–Crippen LogP) is 2.00. The summed E-state index contributed by atoms with van der Waals surface area (Å²) < 4.78 is 0. The van der Waals surface area contributed by atoms with E-state index in [4.69, 9.17) is 22.6 Å². The summed E-state index contributed by atoms with van der Waals surface area (Å²) in [5, 5.41) is 7.81. The molecule has 0 atom stereocenters. The van der Waals surface area contributed by atoms with Crippen molar-refractivity contribution < 1.29 is 0 Å². The number of aliphatic imine (C=N–C) groups is 1. The summed E-state index contributed by atoms with van der Waals surface area (Å²) in [6, 6.07) is 17.2. The molecule has 2 rings (SSSR count). The second-order valence-electron chi connectivity index (χ2n) is 4.83. The van der Waals surface area contributed by atoms with E-state index >= 15 is 0 Å². The van der Waals surface area contributed by atoms with Gasteiger partial charge in [0.2, 0.25) is 0 Å². The zero-order valence-corrected chi connectivity index (χ0v) is 12.7. The smallest absolute Gasteiger partial charge is 0.193 e. The molecule has 0 spiro atoms. The molecule has 0 radical (unpaired) electrons. The maximum atomic E-state index is 7.81. The molecule has 0 aliphatic heterocycles. The molecule has 118 valence electrons. The van der Waals surface area contributed by atoms with Crippen LogP contribution in [-0.4, -0.2) is 18.5 Å². The van der Waals surface area contributed by atoms with Crippen LogP contribution in [0.5, 0.6) is 0 Å². The van der Waals surface area contributed by atoms with E-state index in [0.29, 0.717) is 17.9 Å². The van der Waals surface area contributed by atoms with E-state index < -0.39 is 0 Å². The second kappa shape index (κ2) is 7.65. The Hall–Kier alpha value is -3.28. The van der Waals surface area contributed by atoms with Crippen molar-refractivity contribution in [1.82, 2.24) is 0 Å². The fourth-order valence-electron chi connectivity index (χ4n) is 2.11. The Morgan fingerprint density at radius 2 is 1.65 bits per heavy atom. The Balaban J connectivity index is 2.24. The minimum atomic E-state index is -0.0824. The number of benzene rings is 2. The lowest BCUT2D eigenvalue weighted by atomic mass is 10.2.